The number of hydrogen-bond donors (Lipinski definition) is 2. The maximum Gasteiger partial charge on any atom is 0.319 e. The number of urea groups is 1. The number of anilines is 1. The van der Waals surface area contributed by atoms with Gasteiger partial charge in [-0.15, -0.1) is 0 Å². The number of rotatable bonds is 6. The number of amides is 2. The Kier molecular flexibility index (Phi) is 6.87. The van der Waals surface area contributed by atoms with Gasteiger partial charge in [0.05, 0.1) is 19.9 Å². The standard InChI is InChI=1S/C22H25ClN6O3/c1-14-25-21(28-32-14)13-29-10-9-20(18(12-29)19-8-7-17(31-2)11-24-19)27-22(30)26-16-5-3-15(23)4-6-16/h3-8,11,18,20H,9-10,12-13H2,1-2H3,(H2,26,27,30). The van der Waals surface area contributed by atoms with Crippen molar-refractivity contribution >= 4 is 23.3 Å². The Bertz CT molecular complexity index is 1040. The molecule has 2 unspecified atom stereocenters. The van der Waals surface area contributed by atoms with Crippen LogP contribution in [0.1, 0.15) is 29.7 Å². The average molecular weight is 457 g/mol. The molecule has 9 nitrogen and oxygen atoms in total. The molecule has 0 saturated carbocycles. The van der Waals surface area contributed by atoms with E-state index in [0.29, 0.717) is 41.3 Å². The fraction of sp³-hybridized carbons (Fsp3) is 0.364. The molecule has 1 saturated heterocycles. The summed E-state index contributed by atoms with van der Waals surface area (Å²) in [6.45, 7) is 3.83. The van der Waals surface area contributed by atoms with E-state index in [-0.39, 0.29) is 18.0 Å². The summed E-state index contributed by atoms with van der Waals surface area (Å²) in [6, 6.07) is 10.5. The molecule has 1 aliphatic rings. The van der Waals surface area contributed by atoms with Crippen LogP contribution in [0.25, 0.3) is 0 Å². The molecule has 2 atom stereocenters. The van der Waals surface area contributed by atoms with Gasteiger partial charge in [-0.05, 0) is 42.8 Å². The first-order valence-electron chi connectivity index (χ1n) is 10.3. The number of halogens is 1. The highest BCUT2D eigenvalue weighted by atomic mass is 35.5. The predicted octanol–water partition coefficient (Wildman–Crippen LogP) is 3.61. The number of methoxy groups -OCH3 is 1. The van der Waals surface area contributed by atoms with Crippen LogP contribution in [0.5, 0.6) is 5.75 Å². The molecule has 32 heavy (non-hydrogen) atoms. The minimum Gasteiger partial charge on any atom is -0.495 e. The van der Waals surface area contributed by atoms with Crippen LogP contribution >= 0.6 is 11.6 Å². The Morgan fingerprint density at radius 3 is 2.75 bits per heavy atom. The maximum atomic E-state index is 12.7. The SMILES string of the molecule is COc1ccc(C2CN(Cc3noc(C)n3)CCC2NC(=O)Nc2ccc(Cl)cc2)nc1. The zero-order valence-electron chi connectivity index (χ0n) is 17.9. The number of likely N-dealkylation sites (tertiary alicyclic amines) is 1. The van der Waals surface area contributed by atoms with Gasteiger partial charge in [0.15, 0.2) is 5.82 Å². The average Bonchev–Trinajstić information content (AvgIpc) is 3.21. The largest absolute Gasteiger partial charge is 0.495 e. The highest BCUT2D eigenvalue weighted by Gasteiger charge is 2.33. The normalized spacial score (nSPS) is 18.8. The highest BCUT2D eigenvalue weighted by Crippen LogP contribution is 2.28. The molecule has 2 N–H and O–H groups in total. The van der Waals surface area contributed by atoms with Gasteiger partial charge in [-0.1, -0.05) is 16.8 Å². The first-order valence-corrected chi connectivity index (χ1v) is 10.7. The maximum absolute atomic E-state index is 12.7. The number of benzene rings is 1. The van der Waals surface area contributed by atoms with Crippen molar-refractivity contribution in [2.75, 3.05) is 25.5 Å². The van der Waals surface area contributed by atoms with E-state index in [0.717, 1.165) is 18.7 Å². The first-order chi connectivity index (χ1) is 15.5. The molecular weight excluding hydrogens is 432 g/mol. The van der Waals surface area contributed by atoms with E-state index < -0.39 is 0 Å². The Hall–Kier alpha value is -3.17. The first kappa shape index (κ1) is 22.0. The van der Waals surface area contributed by atoms with Crippen molar-refractivity contribution in [2.24, 2.45) is 0 Å². The lowest BCUT2D eigenvalue weighted by atomic mass is 9.88. The van der Waals surface area contributed by atoms with E-state index in [4.69, 9.17) is 20.9 Å². The van der Waals surface area contributed by atoms with E-state index in [1.54, 1.807) is 44.5 Å². The van der Waals surface area contributed by atoms with E-state index in [1.807, 2.05) is 12.1 Å². The number of piperidine rings is 1. The molecule has 0 spiro atoms. The van der Waals surface area contributed by atoms with Gasteiger partial charge in [0.2, 0.25) is 5.89 Å². The lowest BCUT2D eigenvalue weighted by Gasteiger charge is -2.38. The minimum absolute atomic E-state index is 0.0152. The van der Waals surface area contributed by atoms with Crippen LogP contribution in [0.4, 0.5) is 10.5 Å². The third kappa shape index (κ3) is 5.54. The van der Waals surface area contributed by atoms with Gasteiger partial charge in [0.1, 0.15) is 5.75 Å². The summed E-state index contributed by atoms with van der Waals surface area (Å²) in [6.07, 6.45) is 2.45. The summed E-state index contributed by atoms with van der Waals surface area (Å²) >= 11 is 5.92. The molecule has 3 heterocycles. The Balaban J connectivity index is 1.47. The lowest BCUT2D eigenvalue weighted by Crippen LogP contribution is -2.50. The van der Waals surface area contributed by atoms with Crippen LogP contribution < -0.4 is 15.4 Å². The van der Waals surface area contributed by atoms with Gasteiger partial charge >= 0.3 is 6.03 Å². The number of nitrogens with one attached hydrogen (secondary N) is 2. The van der Waals surface area contributed by atoms with Crippen molar-refractivity contribution in [3.63, 3.8) is 0 Å². The van der Waals surface area contributed by atoms with Crippen LogP contribution in [0.3, 0.4) is 0 Å². The van der Waals surface area contributed by atoms with E-state index in [2.05, 4.69) is 30.7 Å². The molecule has 1 aromatic carbocycles. The summed E-state index contributed by atoms with van der Waals surface area (Å²) in [7, 11) is 1.61. The van der Waals surface area contributed by atoms with Crippen LogP contribution in [0.2, 0.25) is 5.02 Å². The number of carbonyl (C=O) groups excluding carboxylic acids is 1. The number of ether oxygens (including phenoxy) is 1. The molecule has 10 heteroatoms. The van der Waals surface area contributed by atoms with Gasteiger partial charge in [-0.2, -0.15) is 4.98 Å². The molecule has 3 aromatic rings. The zero-order chi connectivity index (χ0) is 22.5. The van der Waals surface area contributed by atoms with Crippen molar-refractivity contribution in [1.82, 2.24) is 25.3 Å². The Morgan fingerprint density at radius 1 is 1.28 bits per heavy atom. The van der Waals surface area contributed by atoms with Gasteiger partial charge in [0, 0.05) is 48.4 Å². The van der Waals surface area contributed by atoms with Crippen LogP contribution in [0.15, 0.2) is 47.1 Å². The third-order valence-electron chi connectivity index (χ3n) is 5.42. The fourth-order valence-corrected chi connectivity index (χ4v) is 3.97. The number of hydrogen-bond acceptors (Lipinski definition) is 7. The molecule has 0 aliphatic carbocycles. The van der Waals surface area contributed by atoms with Gasteiger partial charge in [-0.3, -0.25) is 9.88 Å². The van der Waals surface area contributed by atoms with Gasteiger partial charge in [-0.25, -0.2) is 4.79 Å². The lowest BCUT2D eigenvalue weighted by molar-refractivity contribution is 0.162. The molecule has 0 bridgehead atoms. The van der Waals surface area contributed by atoms with E-state index in [1.165, 1.54) is 0 Å². The Labute approximate surface area is 191 Å². The number of nitrogens with zero attached hydrogens (tertiary/aromatic N) is 4. The van der Waals surface area contributed by atoms with Crippen molar-refractivity contribution in [3.05, 3.63) is 65.0 Å². The molecule has 2 amide bonds. The third-order valence-corrected chi connectivity index (χ3v) is 5.68. The second kappa shape index (κ2) is 9.97. The number of carbonyl (C=O) groups is 1. The number of aryl methyl sites for hydroxylation is 1. The quantitative estimate of drug-likeness (QED) is 0.583. The second-order valence-electron chi connectivity index (χ2n) is 7.69. The topological polar surface area (TPSA) is 105 Å². The van der Waals surface area contributed by atoms with Gasteiger partial charge < -0.3 is 19.9 Å². The summed E-state index contributed by atoms with van der Waals surface area (Å²) in [5.74, 6) is 1.87. The molecule has 1 aliphatic heterocycles. The molecule has 2 aromatic heterocycles. The zero-order valence-corrected chi connectivity index (χ0v) is 18.7. The minimum atomic E-state index is -0.266. The number of aromatic nitrogens is 3. The molecule has 4 rings (SSSR count). The summed E-state index contributed by atoms with van der Waals surface area (Å²) in [5, 5.41) is 10.6. The van der Waals surface area contributed by atoms with Crippen LogP contribution in [0, 0.1) is 6.92 Å². The summed E-state index contributed by atoms with van der Waals surface area (Å²) in [5.41, 5.74) is 1.56. The Morgan fingerprint density at radius 2 is 2.09 bits per heavy atom. The van der Waals surface area contributed by atoms with Crippen LogP contribution in [-0.2, 0) is 6.54 Å². The van der Waals surface area contributed by atoms with E-state index in [9.17, 15) is 4.79 Å². The monoisotopic (exact) mass is 456 g/mol. The molecule has 0 radical (unpaired) electrons. The molecule has 168 valence electrons. The summed E-state index contributed by atoms with van der Waals surface area (Å²) < 4.78 is 10.3. The number of pyridine rings is 1. The molecular formula is C22H25ClN6O3. The van der Waals surface area contributed by atoms with Crippen molar-refractivity contribution in [2.45, 2.75) is 31.8 Å². The predicted molar refractivity (Wildman–Crippen MR) is 120 cm³/mol. The van der Waals surface area contributed by atoms with Gasteiger partial charge in [0.25, 0.3) is 0 Å². The molecule has 1 fully saturated rings. The van der Waals surface area contributed by atoms with E-state index >= 15 is 0 Å². The smallest absolute Gasteiger partial charge is 0.319 e. The van der Waals surface area contributed by atoms with Crippen LogP contribution in [-0.4, -0.2) is 52.3 Å². The van der Waals surface area contributed by atoms with Crippen molar-refractivity contribution in [1.29, 1.82) is 0 Å². The highest BCUT2D eigenvalue weighted by molar-refractivity contribution is 6.30. The summed E-state index contributed by atoms with van der Waals surface area (Å²) in [4.78, 5) is 23.8. The van der Waals surface area contributed by atoms with Crippen molar-refractivity contribution < 1.29 is 14.1 Å². The van der Waals surface area contributed by atoms with Crippen molar-refractivity contribution in [3.8, 4) is 5.75 Å². The second-order valence-corrected chi connectivity index (χ2v) is 8.13. The fourth-order valence-electron chi connectivity index (χ4n) is 3.84.